The average Bonchev–Trinajstić information content (AvgIpc) is 3.26. The van der Waals surface area contributed by atoms with Crippen LogP contribution >= 0.6 is 0 Å². The van der Waals surface area contributed by atoms with Crippen molar-refractivity contribution in [2.45, 2.75) is 13.8 Å². The van der Waals surface area contributed by atoms with Gasteiger partial charge in [-0.15, -0.1) is 10.2 Å². The lowest BCUT2D eigenvalue weighted by Gasteiger charge is -2.10. The van der Waals surface area contributed by atoms with Gasteiger partial charge in [0.05, 0.1) is 0 Å². The summed E-state index contributed by atoms with van der Waals surface area (Å²) in [5.74, 6) is 1.29. The fraction of sp³-hybridized carbons (Fsp3) is 0.125. The average molecular weight is 399 g/mol. The zero-order valence-corrected chi connectivity index (χ0v) is 16.8. The molecular weight excluding hydrogens is 378 g/mol. The molecule has 6 heteroatoms. The van der Waals surface area contributed by atoms with E-state index in [1.807, 2.05) is 74.5 Å². The number of nitrogens with one attached hydrogen (secondary N) is 1. The Hall–Kier alpha value is -3.93. The molecule has 0 saturated heterocycles. The number of carbonyl (C=O) groups is 1. The molecule has 1 amide bonds. The molecule has 0 radical (unpaired) electrons. The number of hydrogen-bond acceptors (Lipinski definition) is 5. The largest absolute Gasteiger partial charge is 0.483 e. The Morgan fingerprint density at radius 1 is 0.900 bits per heavy atom. The molecule has 1 heterocycles. The fourth-order valence-corrected chi connectivity index (χ4v) is 2.97. The maximum atomic E-state index is 12.3. The van der Waals surface area contributed by atoms with Crippen molar-refractivity contribution in [3.63, 3.8) is 0 Å². The lowest BCUT2D eigenvalue weighted by atomic mass is 10.1. The van der Waals surface area contributed by atoms with E-state index in [0.717, 1.165) is 22.3 Å². The zero-order chi connectivity index (χ0) is 20.9. The predicted molar refractivity (Wildman–Crippen MR) is 115 cm³/mol. The summed E-state index contributed by atoms with van der Waals surface area (Å²) in [7, 11) is 0. The molecule has 0 saturated carbocycles. The van der Waals surface area contributed by atoms with Crippen molar-refractivity contribution >= 4 is 11.6 Å². The quantitative estimate of drug-likeness (QED) is 0.492. The highest BCUT2D eigenvalue weighted by atomic mass is 16.5. The van der Waals surface area contributed by atoms with Gasteiger partial charge in [0.1, 0.15) is 5.75 Å². The molecule has 0 spiro atoms. The third-order valence-corrected chi connectivity index (χ3v) is 4.54. The summed E-state index contributed by atoms with van der Waals surface area (Å²) in [5, 5.41) is 11.1. The van der Waals surface area contributed by atoms with Gasteiger partial charge in [0.2, 0.25) is 11.8 Å². The van der Waals surface area contributed by atoms with Gasteiger partial charge in [-0.1, -0.05) is 36.4 Å². The van der Waals surface area contributed by atoms with E-state index in [1.54, 1.807) is 12.1 Å². The second-order valence-corrected chi connectivity index (χ2v) is 6.96. The zero-order valence-electron chi connectivity index (χ0n) is 16.8. The van der Waals surface area contributed by atoms with E-state index in [0.29, 0.717) is 23.2 Å². The number of amides is 1. The second kappa shape index (κ2) is 8.61. The van der Waals surface area contributed by atoms with Gasteiger partial charge in [-0.3, -0.25) is 4.79 Å². The van der Waals surface area contributed by atoms with Crippen LogP contribution in [0.2, 0.25) is 0 Å². The van der Waals surface area contributed by atoms with Crippen molar-refractivity contribution in [1.82, 2.24) is 10.2 Å². The van der Waals surface area contributed by atoms with Crippen LogP contribution in [0.15, 0.2) is 77.2 Å². The number of benzene rings is 3. The highest BCUT2D eigenvalue weighted by molar-refractivity contribution is 5.92. The Morgan fingerprint density at radius 3 is 2.43 bits per heavy atom. The summed E-state index contributed by atoms with van der Waals surface area (Å²) in [6.45, 7) is 3.86. The summed E-state index contributed by atoms with van der Waals surface area (Å²) in [6, 6.07) is 22.7. The first-order chi connectivity index (χ1) is 14.6. The molecule has 0 unspecified atom stereocenters. The van der Waals surface area contributed by atoms with Crippen LogP contribution in [0.1, 0.15) is 11.1 Å². The lowest BCUT2D eigenvalue weighted by molar-refractivity contribution is -0.118. The van der Waals surface area contributed by atoms with Gasteiger partial charge < -0.3 is 14.5 Å². The van der Waals surface area contributed by atoms with Crippen LogP contribution in [0.4, 0.5) is 5.69 Å². The predicted octanol–water partition coefficient (Wildman–Crippen LogP) is 5.04. The molecule has 30 heavy (non-hydrogen) atoms. The van der Waals surface area contributed by atoms with Gasteiger partial charge in [-0.2, -0.15) is 0 Å². The van der Waals surface area contributed by atoms with Crippen molar-refractivity contribution in [2.75, 3.05) is 11.9 Å². The third kappa shape index (κ3) is 4.55. The fourth-order valence-electron chi connectivity index (χ4n) is 2.97. The number of ether oxygens (including phenoxy) is 1. The van der Waals surface area contributed by atoms with E-state index < -0.39 is 0 Å². The molecule has 4 aromatic rings. The van der Waals surface area contributed by atoms with Crippen molar-refractivity contribution < 1.29 is 13.9 Å². The van der Waals surface area contributed by atoms with Gasteiger partial charge in [0, 0.05) is 16.8 Å². The summed E-state index contributed by atoms with van der Waals surface area (Å²) >= 11 is 0. The Kier molecular flexibility index (Phi) is 5.57. The van der Waals surface area contributed by atoms with Crippen LogP contribution in [0.3, 0.4) is 0 Å². The highest BCUT2D eigenvalue weighted by Gasteiger charge is 2.12. The van der Waals surface area contributed by atoms with E-state index >= 15 is 0 Å². The minimum Gasteiger partial charge on any atom is -0.483 e. The normalized spacial score (nSPS) is 10.6. The summed E-state index contributed by atoms with van der Waals surface area (Å²) < 4.78 is 11.5. The van der Waals surface area contributed by atoms with E-state index in [4.69, 9.17) is 9.15 Å². The minimum absolute atomic E-state index is 0.0762. The van der Waals surface area contributed by atoms with Gasteiger partial charge >= 0.3 is 0 Å². The van der Waals surface area contributed by atoms with Crippen LogP contribution < -0.4 is 10.1 Å². The highest BCUT2D eigenvalue weighted by Crippen LogP contribution is 2.25. The number of hydrogen-bond donors (Lipinski definition) is 1. The van der Waals surface area contributed by atoms with Crippen molar-refractivity contribution in [3.05, 3.63) is 83.9 Å². The molecule has 3 aromatic carbocycles. The first kappa shape index (κ1) is 19.4. The number of nitrogens with zero attached hydrogens (tertiary/aromatic N) is 2. The molecule has 0 aliphatic rings. The molecule has 0 fully saturated rings. The second-order valence-electron chi connectivity index (χ2n) is 6.96. The van der Waals surface area contributed by atoms with Crippen molar-refractivity contribution in [2.24, 2.45) is 0 Å². The monoisotopic (exact) mass is 399 g/mol. The van der Waals surface area contributed by atoms with E-state index in [1.165, 1.54) is 0 Å². The van der Waals surface area contributed by atoms with Crippen molar-refractivity contribution in [3.8, 4) is 28.7 Å². The molecule has 0 bridgehead atoms. The summed E-state index contributed by atoms with van der Waals surface area (Å²) in [4.78, 5) is 12.3. The van der Waals surface area contributed by atoms with Crippen molar-refractivity contribution in [1.29, 1.82) is 0 Å². The first-order valence-corrected chi connectivity index (χ1v) is 9.58. The van der Waals surface area contributed by atoms with E-state index in [2.05, 4.69) is 15.5 Å². The molecule has 6 nitrogen and oxygen atoms in total. The van der Waals surface area contributed by atoms with Crippen LogP contribution in [0.25, 0.3) is 22.9 Å². The molecule has 4 rings (SSSR count). The lowest BCUT2D eigenvalue weighted by Crippen LogP contribution is -2.20. The maximum absolute atomic E-state index is 12.3. The minimum atomic E-state index is -0.247. The molecule has 0 aliphatic carbocycles. The third-order valence-electron chi connectivity index (χ3n) is 4.54. The summed E-state index contributed by atoms with van der Waals surface area (Å²) in [5.41, 5.74) is 4.27. The molecular formula is C24H21N3O3. The van der Waals surface area contributed by atoms with Gasteiger partial charge in [-0.05, 0) is 61.4 Å². The number of aryl methyl sites for hydroxylation is 2. The Labute approximate surface area is 174 Å². The van der Waals surface area contributed by atoms with Gasteiger partial charge in [-0.25, -0.2) is 0 Å². The van der Waals surface area contributed by atoms with Crippen LogP contribution in [0.5, 0.6) is 5.75 Å². The number of anilines is 1. The van der Waals surface area contributed by atoms with Gasteiger partial charge in [0.15, 0.2) is 6.61 Å². The Bertz CT molecular complexity index is 1170. The maximum Gasteiger partial charge on any atom is 0.262 e. The first-order valence-electron chi connectivity index (χ1n) is 9.58. The standard InChI is InChI=1S/C24H21N3O3/c1-16-11-12-17(2)21(13-16)29-15-22(28)25-20-10-6-9-19(14-20)24-27-26-23(30-24)18-7-4-3-5-8-18/h3-14H,15H2,1-2H3,(H,25,28). The van der Waals surface area contributed by atoms with E-state index in [-0.39, 0.29) is 12.5 Å². The van der Waals surface area contributed by atoms with Gasteiger partial charge in [0.25, 0.3) is 5.91 Å². The number of carbonyl (C=O) groups excluding carboxylic acids is 1. The topological polar surface area (TPSA) is 77.2 Å². The SMILES string of the molecule is Cc1ccc(C)c(OCC(=O)Nc2cccc(-c3nnc(-c4ccccc4)o3)c2)c1. The molecule has 1 aromatic heterocycles. The van der Waals surface area contributed by atoms with E-state index in [9.17, 15) is 4.79 Å². The Balaban J connectivity index is 1.43. The van der Waals surface area contributed by atoms with Crippen LogP contribution in [-0.2, 0) is 4.79 Å². The number of aromatic nitrogens is 2. The smallest absolute Gasteiger partial charge is 0.262 e. The summed E-state index contributed by atoms with van der Waals surface area (Å²) in [6.07, 6.45) is 0. The molecule has 0 aliphatic heterocycles. The molecule has 0 atom stereocenters. The molecule has 150 valence electrons. The number of rotatable bonds is 6. The van der Waals surface area contributed by atoms with Crippen LogP contribution in [0, 0.1) is 13.8 Å². The van der Waals surface area contributed by atoms with Crippen LogP contribution in [-0.4, -0.2) is 22.7 Å². The Morgan fingerprint density at radius 2 is 1.63 bits per heavy atom. The molecule has 1 N–H and O–H groups in total.